The minimum absolute atomic E-state index is 0.212. The van der Waals surface area contributed by atoms with Gasteiger partial charge < -0.3 is 15.1 Å². The van der Waals surface area contributed by atoms with E-state index in [9.17, 15) is 15.0 Å². The number of benzene rings is 1. The van der Waals surface area contributed by atoms with Crippen molar-refractivity contribution in [3.8, 4) is 11.5 Å². The van der Waals surface area contributed by atoms with E-state index in [0.717, 1.165) is 11.4 Å². The summed E-state index contributed by atoms with van der Waals surface area (Å²) < 4.78 is 0. The number of phenols is 2. The lowest BCUT2D eigenvalue weighted by atomic mass is 10.1. The van der Waals surface area contributed by atoms with E-state index in [2.05, 4.69) is 4.98 Å². The number of aryl methyl sites for hydroxylation is 1. The topological polar surface area (TPSA) is 73.7 Å². The molecule has 1 heterocycles. The number of hydrogen-bond acceptors (Lipinski definition) is 4. The zero-order chi connectivity index (χ0) is 15.4. The quantitative estimate of drug-likeness (QED) is 0.847. The molecule has 0 fully saturated rings. The summed E-state index contributed by atoms with van der Waals surface area (Å²) in [6.45, 7) is 4.71. The molecule has 0 aliphatic heterocycles. The van der Waals surface area contributed by atoms with E-state index in [-0.39, 0.29) is 17.4 Å². The minimum Gasteiger partial charge on any atom is -0.504 e. The van der Waals surface area contributed by atoms with Crippen molar-refractivity contribution in [2.75, 3.05) is 6.54 Å². The number of aromatic hydroxyl groups is 2. The second kappa shape index (κ2) is 6.26. The molecule has 5 nitrogen and oxygen atoms in total. The Morgan fingerprint density at radius 1 is 1.19 bits per heavy atom. The molecule has 0 saturated heterocycles. The van der Waals surface area contributed by atoms with Crippen LogP contribution in [0.15, 0.2) is 36.4 Å². The highest BCUT2D eigenvalue weighted by Gasteiger charge is 2.16. The first-order valence-corrected chi connectivity index (χ1v) is 6.75. The number of aromatic nitrogens is 1. The molecule has 0 aliphatic rings. The van der Waals surface area contributed by atoms with Gasteiger partial charge in [-0.2, -0.15) is 0 Å². The fourth-order valence-corrected chi connectivity index (χ4v) is 2.05. The maximum Gasteiger partial charge on any atom is 0.254 e. The van der Waals surface area contributed by atoms with Crippen molar-refractivity contribution in [3.63, 3.8) is 0 Å². The second-order valence-corrected chi connectivity index (χ2v) is 4.79. The van der Waals surface area contributed by atoms with E-state index in [1.165, 1.54) is 18.2 Å². The molecule has 2 aromatic rings. The van der Waals surface area contributed by atoms with Gasteiger partial charge in [-0.05, 0) is 44.2 Å². The molecular formula is C16H18N2O3. The number of hydrogen-bond donors (Lipinski definition) is 2. The fraction of sp³-hybridized carbons (Fsp3) is 0.250. The molecule has 0 unspecified atom stereocenters. The van der Waals surface area contributed by atoms with E-state index >= 15 is 0 Å². The molecule has 0 aliphatic carbocycles. The van der Waals surface area contributed by atoms with Crippen LogP contribution in [-0.4, -0.2) is 32.5 Å². The molecule has 1 aromatic carbocycles. The van der Waals surface area contributed by atoms with Crippen LogP contribution in [0.5, 0.6) is 11.5 Å². The maximum absolute atomic E-state index is 12.4. The Labute approximate surface area is 123 Å². The van der Waals surface area contributed by atoms with E-state index in [1.807, 2.05) is 32.0 Å². The maximum atomic E-state index is 12.4. The highest BCUT2D eigenvalue weighted by molar-refractivity contribution is 5.94. The predicted molar refractivity (Wildman–Crippen MR) is 79.2 cm³/mol. The Morgan fingerprint density at radius 3 is 2.57 bits per heavy atom. The van der Waals surface area contributed by atoms with Gasteiger partial charge in [0, 0.05) is 17.8 Å². The van der Waals surface area contributed by atoms with Gasteiger partial charge in [-0.15, -0.1) is 0 Å². The van der Waals surface area contributed by atoms with Crippen LogP contribution in [0.1, 0.15) is 28.7 Å². The van der Waals surface area contributed by atoms with Gasteiger partial charge in [-0.25, -0.2) is 0 Å². The minimum atomic E-state index is -0.300. The van der Waals surface area contributed by atoms with Crippen LogP contribution in [0, 0.1) is 6.92 Å². The molecular weight excluding hydrogens is 268 g/mol. The van der Waals surface area contributed by atoms with Crippen LogP contribution in [0.2, 0.25) is 0 Å². The summed E-state index contributed by atoms with van der Waals surface area (Å²) in [5.74, 6) is -0.753. The molecule has 0 radical (unpaired) electrons. The summed E-state index contributed by atoms with van der Waals surface area (Å²) in [7, 11) is 0. The van der Waals surface area contributed by atoms with Crippen molar-refractivity contribution >= 4 is 5.91 Å². The Hall–Kier alpha value is -2.56. The molecule has 1 amide bonds. The predicted octanol–water partition coefficient (Wildman–Crippen LogP) is 2.46. The van der Waals surface area contributed by atoms with Crippen molar-refractivity contribution in [3.05, 3.63) is 53.3 Å². The average Bonchev–Trinajstić information content (AvgIpc) is 2.47. The molecule has 5 heteroatoms. The summed E-state index contributed by atoms with van der Waals surface area (Å²) >= 11 is 0. The van der Waals surface area contributed by atoms with Gasteiger partial charge in [0.1, 0.15) is 0 Å². The molecule has 2 rings (SSSR count). The van der Waals surface area contributed by atoms with Gasteiger partial charge in [0.05, 0.1) is 12.2 Å². The van der Waals surface area contributed by atoms with E-state index in [4.69, 9.17) is 0 Å². The largest absolute Gasteiger partial charge is 0.504 e. The summed E-state index contributed by atoms with van der Waals surface area (Å²) in [6.07, 6.45) is 0. The number of nitrogens with zero attached hydrogens (tertiary/aromatic N) is 2. The van der Waals surface area contributed by atoms with Gasteiger partial charge in [0.25, 0.3) is 5.91 Å². The number of carbonyl (C=O) groups is 1. The Balaban J connectivity index is 2.20. The smallest absolute Gasteiger partial charge is 0.254 e. The van der Waals surface area contributed by atoms with Crippen molar-refractivity contribution in [1.29, 1.82) is 0 Å². The Kier molecular flexibility index (Phi) is 4.42. The molecule has 0 saturated carbocycles. The average molecular weight is 286 g/mol. The van der Waals surface area contributed by atoms with Crippen LogP contribution in [0.3, 0.4) is 0 Å². The zero-order valence-electron chi connectivity index (χ0n) is 12.1. The van der Waals surface area contributed by atoms with Gasteiger partial charge in [0.15, 0.2) is 11.5 Å². The van der Waals surface area contributed by atoms with Gasteiger partial charge in [-0.3, -0.25) is 9.78 Å². The Morgan fingerprint density at radius 2 is 1.95 bits per heavy atom. The van der Waals surface area contributed by atoms with Crippen molar-refractivity contribution in [2.45, 2.75) is 20.4 Å². The van der Waals surface area contributed by atoms with Gasteiger partial charge in [-0.1, -0.05) is 6.07 Å². The van der Waals surface area contributed by atoms with Gasteiger partial charge >= 0.3 is 0 Å². The van der Waals surface area contributed by atoms with Crippen molar-refractivity contribution < 1.29 is 15.0 Å². The molecule has 0 bridgehead atoms. The number of phenolic OH excluding ortho intramolecular Hbond substituents is 2. The molecule has 0 spiro atoms. The third kappa shape index (κ3) is 3.51. The van der Waals surface area contributed by atoms with Crippen LogP contribution in [-0.2, 0) is 6.54 Å². The summed E-state index contributed by atoms with van der Waals surface area (Å²) in [5, 5.41) is 18.8. The molecule has 0 atom stereocenters. The molecule has 1 aromatic heterocycles. The third-order valence-corrected chi connectivity index (χ3v) is 3.19. The van der Waals surface area contributed by atoms with Crippen LogP contribution < -0.4 is 0 Å². The van der Waals surface area contributed by atoms with E-state index < -0.39 is 0 Å². The standard InChI is InChI=1S/C16H18N2O3/c1-3-18(10-13-6-4-5-11(2)17-13)16(21)12-7-8-14(19)15(20)9-12/h4-9,19-20H,3,10H2,1-2H3. The molecule has 21 heavy (non-hydrogen) atoms. The normalized spacial score (nSPS) is 10.4. The molecule has 2 N–H and O–H groups in total. The van der Waals surface area contributed by atoms with Crippen molar-refractivity contribution in [1.82, 2.24) is 9.88 Å². The first-order valence-electron chi connectivity index (χ1n) is 6.75. The summed E-state index contributed by atoms with van der Waals surface area (Å²) in [4.78, 5) is 18.5. The van der Waals surface area contributed by atoms with Crippen molar-refractivity contribution in [2.24, 2.45) is 0 Å². The van der Waals surface area contributed by atoms with Gasteiger partial charge in [0.2, 0.25) is 0 Å². The Bertz CT molecular complexity index is 656. The zero-order valence-corrected chi connectivity index (χ0v) is 12.1. The number of rotatable bonds is 4. The fourth-order valence-electron chi connectivity index (χ4n) is 2.05. The highest BCUT2D eigenvalue weighted by atomic mass is 16.3. The number of pyridine rings is 1. The lowest BCUT2D eigenvalue weighted by Gasteiger charge is -2.21. The first-order chi connectivity index (χ1) is 10.0. The van der Waals surface area contributed by atoms with E-state index in [0.29, 0.717) is 18.7 Å². The highest BCUT2D eigenvalue weighted by Crippen LogP contribution is 2.25. The third-order valence-electron chi connectivity index (χ3n) is 3.19. The second-order valence-electron chi connectivity index (χ2n) is 4.79. The van der Waals surface area contributed by atoms with E-state index in [1.54, 1.807) is 4.90 Å². The lowest BCUT2D eigenvalue weighted by Crippen LogP contribution is -2.30. The summed E-state index contributed by atoms with van der Waals surface area (Å²) in [5.41, 5.74) is 2.05. The van der Waals surface area contributed by atoms with Crippen LogP contribution in [0.4, 0.5) is 0 Å². The number of carbonyl (C=O) groups excluding carboxylic acids is 1. The summed E-state index contributed by atoms with van der Waals surface area (Å²) in [6, 6.07) is 9.74. The number of amides is 1. The van der Waals surface area contributed by atoms with Crippen LogP contribution in [0.25, 0.3) is 0 Å². The first kappa shape index (κ1) is 14.8. The monoisotopic (exact) mass is 286 g/mol. The SMILES string of the molecule is CCN(Cc1cccc(C)n1)C(=O)c1ccc(O)c(O)c1. The molecule has 110 valence electrons. The lowest BCUT2D eigenvalue weighted by molar-refractivity contribution is 0.0750. The van der Waals surface area contributed by atoms with Crippen LogP contribution >= 0.6 is 0 Å².